The first-order valence-electron chi connectivity index (χ1n) is 13.2. The van der Waals surface area contributed by atoms with Gasteiger partial charge in [-0.05, 0) is 36.0 Å². The molecule has 0 saturated heterocycles. The highest BCUT2D eigenvalue weighted by molar-refractivity contribution is 5.78. The minimum Gasteiger partial charge on any atom is -0.421 e. The maximum absolute atomic E-state index is 13.3. The van der Waals surface area contributed by atoms with Crippen LogP contribution in [0.2, 0.25) is 0 Å². The summed E-state index contributed by atoms with van der Waals surface area (Å²) in [5.41, 5.74) is 4.21. The molecule has 38 heavy (non-hydrogen) atoms. The molecule has 1 heterocycles. The molecule has 0 radical (unpaired) electrons. The van der Waals surface area contributed by atoms with Gasteiger partial charge in [0.15, 0.2) is 11.6 Å². The highest BCUT2D eigenvalue weighted by Gasteiger charge is 2.47. The van der Waals surface area contributed by atoms with Gasteiger partial charge in [0.05, 0.1) is 12.4 Å². The molecule has 1 unspecified atom stereocenters. The molecule has 3 aromatic rings. The van der Waals surface area contributed by atoms with Gasteiger partial charge in [0.1, 0.15) is 0 Å². The number of aromatic nitrogens is 2. The number of nitrogens with zero attached hydrogens (tertiary/aromatic N) is 2. The fraction of sp³-hybridized carbons (Fsp3) is 0.433. The van der Waals surface area contributed by atoms with E-state index in [1.165, 1.54) is 37.2 Å². The molecule has 5 nitrogen and oxygen atoms in total. The summed E-state index contributed by atoms with van der Waals surface area (Å²) in [7, 11) is 0. The lowest BCUT2D eigenvalue weighted by Gasteiger charge is -2.19. The van der Waals surface area contributed by atoms with E-state index in [1.54, 1.807) is 0 Å². The third-order valence-electron chi connectivity index (χ3n) is 6.14. The molecule has 0 fully saturated rings. The zero-order valence-corrected chi connectivity index (χ0v) is 22.0. The Hall–Kier alpha value is -3.26. The summed E-state index contributed by atoms with van der Waals surface area (Å²) in [4.78, 5) is 20.5. The van der Waals surface area contributed by atoms with E-state index in [1.807, 2.05) is 31.2 Å². The summed E-state index contributed by atoms with van der Waals surface area (Å²) in [6.07, 6.45) is 2.55. The van der Waals surface area contributed by atoms with E-state index in [2.05, 4.69) is 41.2 Å². The summed E-state index contributed by atoms with van der Waals surface area (Å²) in [5.74, 6) is -1.36. The number of aryl methyl sites for hydroxylation is 1. The summed E-state index contributed by atoms with van der Waals surface area (Å²) >= 11 is 0. The number of benzene rings is 2. The van der Waals surface area contributed by atoms with Crippen LogP contribution >= 0.6 is 0 Å². The van der Waals surface area contributed by atoms with Crippen LogP contribution in [0.15, 0.2) is 60.9 Å². The van der Waals surface area contributed by atoms with Crippen molar-refractivity contribution in [3.05, 3.63) is 66.5 Å². The topological polar surface area (TPSA) is 61.3 Å². The van der Waals surface area contributed by atoms with Gasteiger partial charge in [-0.2, -0.15) is 13.2 Å². The molecule has 0 amide bonds. The normalized spacial score (nSPS) is 12.3. The Bertz CT molecular complexity index is 1120. The van der Waals surface area contributed by atoms with Crippen molar-refractivity contribution in [3.63, 3.8) is 0 Å². The number of halogens is 3. The molecule has 0 aliphatic rings. The fourth-order valence-electron chi connectivity index (χ4n) is 3.97. The molecule has 0 aliphatic heterocycles. The summed E-state index contributed by atoms with van der Waals surface area (Å²) in [6, 6.07) is 16.2. The molecular formula is C30H35F3N2O3. The highest BCUT2D eigenvalue weighted by atomic mass is 19.4. The Morgan fingerprint density at radius 2 is 1.34 bits per heavy atom. The van der Waals surface area contributed by atoms with Crippen LogP contribution in [0.5, 0.6) is 5.75 Å². The molecule has 1 atom stereocenters. The average Bonchev–Trinajstić information content (AvgIpc) is 2.91. The number of esters is 1. The largest absolute Gasteiger partial charge is 0.425 e. The van der Waals surface area contributed by atoms with Gasteiger partial charge in [-0.15, -0.1) is 0 Å². The lowest BCUT2D eigenvalue weighted by Crippen LogP contribution is -2.42. The van der Waals surface area contributed by atoms with E-state index in [4.69, 9.17) is 9.47 Å². The van der Waals surface area contributed by atoms with Crippen molar-refractivity contribution in [3.8, 4) is 28.3 Å². The number of ether oxygens (including phenoxy) is 2. The Balaban J connectivity index is 1.59. The van der Waals surface area contributed by atoms with Crippen molar-refractivity contribution in [2.45, 2.75) is 77.5 Å². The van der Waals surface area contributed by atoms with Crippen LogP contribution in [0.1, 0.15) is 64.4 Å². The van der Waals surface area contributed by atoms with Crippen LogP contribution in [0.4, 0.5) is 13.2 Å². The van der Waals surface area contributed by atoms with E-state index in [0.29, 0.717) is 12.2 Å². The zero-order chi connectivity index (χ0) is 27.4. The predicted molar refractivity (Wildman–Crippen MR) is 142 cm³/mol. The smallest absolute Gasteiger partial charge is 0.421 e. The molecule has 0 bridgehead atoms. The third-order valence-corrected chi connectivity index (χ3v) is 6.14. The molecule has 1 aromatic heterocycles. The van der Waals surface area contributed by atoms with Gasteiger partial charge in [-0.1, -0.05) is 94.5 Å². The van der Waals surface area contributed by atoms with Gasteiger partial charge >= 0.3 is 12.1 Å². The standard InChI is InChI=1S/C30H35F3N2O3/c1-3-5-7-9-19-37-27(30(31,32)33)29(36)38-26-20-34-28(35-21-26)25-17-15-24(16-18-25)23-13-11-22(12-14-23)10-8-6-4-2/h11-18,20-21,27H,3-10,19H2,1-2H3. The lowest BCUT2D eigenvalue weighted by molar-refractivity contribution is -0.225. The van der Waals surface area contributed by atoms with Crippen molar-refractivity contribution in [2.24, 2.45) is 0 Å². The number of carbonyl (C=O) groups excluding carboxylic acids is 1. The zero-order valence-electron chi connectivity index (χ0n) is 22.0. The molecule has 204 valence electrons. The lowest BCUT2D eigenvalue weighted by atomic mass is 10.0. The van der Waals surface area contributed by atoms with Crippen LogP contribution in [0.25, 0.3) is 22.5 Å². The maximum Gasteiger partial charge on any atom is 0.425 e. The van der Waals surface area contributed by atoms with Crippen LogP contribution < -0.4 is 4.74 Å². The molecule has 0 spiro atoms. The molecule has 8 heteroatoms. The average molecular weight is 529 g/mol. The van der Waals surface area contributed by atoms with Crippen LogP contribution in [-0.4, -0.2) is 34.8 Å². The van der Waals surface area contributed by atoms with Crippen LogP contribution in [-0.2, 0) is 16.0 Å². The van der Waals surface area contributed by atoms with Gasteiger partial charge < -0.3 is 9.47 Å². The van der Waals surface area contributed by atoms with Gasteiger partial charge in [0.25, 0.3) is 6.10 Å². The molecule has 2 aromatic carbocycles. The van der Waals surface area contributed by atoms with Gasteiger partial charge in [-0.25, -0.2) is 14.8 Å². The maximum atomic E-state index is 13.3. The molecular weight excluding hydrogens is 493 g/mol. The Morgan fingerprint density at radius 3 is 1.92 bits per heavy atom. The second-order valence-electron chi connectivity index (χ2n) is 9.25. The number of hydrogen-bond donors (Lipinski definition) is 0. The van der Waals surface area contributed by atoms with Crippen LogP contribution in [0.3, 0.4) is 0 Å². The Morgan fingerprint density at radius 1 is 0.789 bits per heavy atom. The summed E-state index contributed by atoms with van der Waals surface area (Å²) < 4.78 is 49.6. The van der Waals surface area contributed by atoms with Crippen molar-refractivity contribution in [1.82, 2.24) is 9.97 Å². The summed E-state index contributed by atoms with van der Waals surface area (Å²) in [6.45, 7) is 4.02. The predicted octanol–water partition coefficient (Wildman–Crippen LogP) is 7.98. The SMILES string of the molecule is CCCCCCOC(C(=O)Oc1cnc(-c2ccc(-c3ccc(CCCCC)cc3)cc2)nc1)C(F)(F)F. The number of alkyl halides is 3. The molecule has 0 N–H and O–H groups in total. The highest BCUT2D eigenvalue weighted by Crippen LogP contribution is 2.27. The van der Waals surface area contributed by atoms with Gasteiger partial charge in [0.2, 0.25) is 0 Å². The van der Waals surface area contributed by atoms with Crippen molar-refractivity contribution in [2.75, 3.05) is 6.61 Å². The minimum atomic E-state index is -4.88. The second-order valence-corrected chi connectivity index (χ2v) is 9.25. The number of carbonyl (C=O) groups is 1. The number of rotatable bonds is 14. The second kappa shape index (κ2) is 14.6. The number of unbranched alkanes of at least 4 members (excludes halogenated alkanes) is 5. The summed E-state index contributed by atoms with van der Waals surface area (Å²) in [5, 5.41) is 0. The van der Waals surface area contributed by atoms with E-state index in [9.17, 15) is 18.0 Å². The van der Waals surface area contributed by atoms with Gasteiger partial charge in [0, 0.05) is 12.2 Å². The van der Waals surface area contributed by atoms with Gasteiger partial charge in [-0.3, -0.25) is 0 Å². The van der Waals surface area contributed by atoms with Crippen LogP contribution in [0, 0.1) is 0 Å². The monoisotopic (exact) mass is 528 g/mol. The first-order chi connectivity index (χ1) is 18.3. The van der Waals surface area contributed by atoms with Crippen molar-refractivity contribution in [1.29, 1.82) is 0 Å². The molecule has 3 rings (SSSR count). The first-order valence-corrected chi connectivity index (χ1v) is 13.2. The minimum absolute atomic E-state index is 0.173. The fourth-order valence-corrected chi connectivity index (χ4v) is 3.97. The van der Waals surface area contributed by atoms with E-state index in [0.717, 1.165) is 42.4 Å². The molecule has 0 aliphatic carbocycles. The van der Waals surface area contributed by atoms with Crippen molar-refractivity contribution < 1.29 is 27.4 Å². The molecule has 0 saturated carbocycles. The Labute approximate surface area is 222 Å². The Kier molecular flexibility index (Phi) is 11.3. The third kappa shape index (κ3) is 8.94. The number of hydrogen-bond acceptors (Lipinski definition) is 5. The van der Waals surface area contributed by atoms with E-state index < -0.39 is 18.2 Å². The van der Waals surface area contributed by atoms with E-state index >= 15 is 0 Å². The van der Waals surface area contributed by atoms with E-state index in [-0.39, 0.29) is 12.4 Å². The quantitative estimate of drug-likeness (QED) is 0.157. The van der Waals surface area contributed by atoms with Crippen molar-refractivity contribution >= 4 is 5.97 Å². The first kappa shape index (κ1) is 29.3.